The third-order valence-electron chi connectivity index (χ3n) is 4.70. The number of sulfonamides is 1. The van der Waals surface area contributed by atoms with E-state index in [-0.39, 0.29) is 16.8 Å². The minimum Gasteiger partial charge on any atom is -0.339 e. The van der Waals surface area contributed by atoms with Crippen LogP contribution < -0.4 is 4.72 Å². The number of hydrogen-bond donors (Lipinski definition) is 1. The second-order valence-corrected chi connectivity index (χ2v) is 8.58. The Kier molecular flexibility index (Phi) is 5.44. The summed E-state index contributed by atoms with van der Waals surface area (Å²) in [6.45, 7) is 4.98. The molecule has 5 nitrogen and oxygen atoms in total. The molecular weight excluding hydrogens is 348 g/mol. The molecular formula is C20H24N2O3S. The summed E-state index contributed by atoms with van der Waals surface area (Å²) >= 11 is 0. The zero-order chi connectivity index (χ0) is 18.7. The van der Waals surface area contributed by atoms with Gasteiger partial charge in [0.05, 0.1) is 4.90 Å². The molecule has 0 bridgehead atoms. The first-order valence-corrected chi connectivity index (χ1v) is 10.3. The molecule has 1 N–H and O–H groups in total. The monoisotopic (exact) mass is 372 g/mol. The number of likely N-dealkylation sites (tertiary alicyclic amines) is 1. The average molecular weight is 372 g/mol. The number of hydrogen-bond acceptors (Lipinski definition) is 3. The molecule has 0 saturated carbocycles. The van der Waals surface area contributed by atoms with Crippen molar-refractivity contribution in [3.8, 4) is 0 Å². The van der Waals surface area contributed by atoms with Gasteiger partial charge in [0.2, 0.25) is 10.0 Å². The van der Waals surface area contributed by atoms with Crippen LogP contribution in [0.2, 0.25) is 0 Å². The molecule has 138 valence electrons. The van der Waals surface area contributed by atoms with Gasteiger partial charge in [-0.2, -0.15) is 0 Å². The van der Waals surface area contributed by atoms with E-state index < -0.39 is 10.0 Å². The van der Waals surface area contributed by atoms with E-state index in [1.807, 2.05) is 38.1 Å². The average Bonchev–Trinajstić information content (AvgIpc) is 2.62. The molecule has 0 spiro atoms. The van der Waals surface area contributed by atoms with Crippen LogP contribution in [0.4, 0.5) is 0 Å². The van der Waals surface area contributed by atoms with Crippen LogP contribution in [0.15, 0.2) is 53.4 Å². The summed E-state index contributed by atoms with van der Waals surface area (Å²) in [6.07, 6.45) is 1.23. The summed E-state index contributed by atoms with van der Waals surface area (Å²) in [7, 11) is -3.53. The van der Waals surface area contributed by atoms with Gasteiger partial charge in [-0.3, -0.25) is 4.79 Å². The maximum absolute atomic E-state index is 12.6. The third kappa shape index (κ3) is 4.31. The zero-order valence-corrected chi connectivity index (χ0v) is 15.9. The van der Waals surface area contributed by atoms with E-state index in [0.717, 1.165) is 11.1 Å². The van der Waals surface area contributed by atoms with E-state index >= 15 is 0 Å². The van der Waals surface area contributed by atoms with Crippen molar-refractivity contribution in [2.75, 3.05) is 13.1 Å². The Morgan fingerprint density at radius 3 is 2.27 bits per heavy atom. The lowest BCUT2D eigenvalue weighted by Crippen LogP contribution is -2.46. The molecule has 0 unspecified atom stereocenters. The molecule has 0 atom stereocenters. The molecule has 1 saturated heterocycles. The highest BCUT2D eigenvalue weighted by Gasteiger charge is 2.27. The highest BCUT2D eigenvalue weighted by Crippen LogP contribution is 2.18. The molecule has 0 radical (unpaired) electrons. The largest absolute Gasteiger partial charge is 0.339 e. The Hall–Kier alpha value is -2.18. The molecule has 1 fully saturated rings. The molecule has 1 heterocycles. The van der Waals surface area contributed by atoms with Gasteiger partial charge in [-0.1, -0.05) is 35.4 Å². The van der Waals surface area contributed by atoms with Crippen LogP contribution in [0, 0.1) is 13.8 Å². The molecule has 0 aliphatic carbocycles. The second-order valence-electron chi connectivity index (χ2n) is 6.87. The predicted octanol–water partition coefficient (Wildman–Crippen LogP) is 2.89. The number of aryl methyl sites for hydroxylation is 2. The number of carbonyl (C=O) groups excluding carboxylic acids is 1. The second kappa shape index (κ2) is 7.60. The highest BCUT2D eigenvalue weighted by atomic mass is 32.2. The van der Waals surface area contributed by atoms with Crippen molar-refractivity contribution in [2.24, 2.45) is 0 Å². The summed E-state index contributed by atoms with van der Waals surface area (Å²) in [5.74, 6) is 0.00791. The van der Waals surface area contributed by atoms with Gasteiger partial charge in [0.1, 0.15) is 0 Å². The molecule has 26 heavy (non-hydrogen) atoms. The van der Waals surface area contributed by atoms with Crippen molar-refractivity contribution in [3.63, 3.8) is 0 Å². The van der Waals surface area contributed by atoms with Crippen molar-refractivity contribution in [1.29, 1.82) is 0 Å². The Morgan fingerprint density at radius 1 is 1.00 bits per heavy atom. The van der Waals surface area contributed by atoms with Gasteiger partial charge in [0, 0.05) is 24.7 Å². The molecule has 3 rings (SSSR count). The molecule has 1 amide bonds. The molecule has 6 heteroatoms. The van der Waals surface area contributed by atoms with Gasteiger partial charge in [-0.15, -0.1) is 0 Å². The first-order chi connectivity index (χ1) is 12.3. The van der Waals surface area contributed by atoms with Crippen molar-refractivity contribution in [1.82, 2.24) is 9.62 Å². The van der Waals surface area contributed by atoms with Crippen LogP contribution in [0.3, 0.4) is 0 Å². The standard InChI is InChI=1S/C20H24N2O3S/c1-15-6-8-19(9-7-15)26(24,25)21-18-10-12-22(13-11-18)20(23)17-5-3-4-16(2)14-17/h3-9,14,18,21H,10-13H2,1-2H3. The quantitative estimate of drug-likeness (QED) is 0.897. The minimum absolute atomic E-state index is 0.00791. The van der Waals surface area contributed by atoms with Crippen molar-refractivity contribution in [2.45, 2.75) is 37.6 Å². The third-order valence-corrected chi connectivity index (χ3v) is 6.24. The van der Waals surface area contributed by atoms with Gasteiger partial charge >= 0.3 is 0 Å². The number of amides is 1. The van der Waals surface area contributed by atoms with Crippen LogP contribution >= 0.6 is 0 Å². The molecule has 0 aromatic heterocycles. The number of benzene rings is 2. The number of nitrogens with zero attached hydrogens (tertiary/aromatic N) is 1. The van der Waals surface area contributed by atoms with Gasteiger partial charge in [-0.25, -0.2) is 13.1 Å². The van der Waals surface area contributed by atoms with Crippen LogP contribution in [0.1, 0.15) is 34.3 Å². The first-order valence-electron chi connectivity index (χ1n) is 8.80. The Labute approximate surface area is 155 Å². The fourth-order valence-corrected chi connectivity index (χ4v) is 4.47. The van der Waals surface area contributed by atoms with Crippen molar-refractivity contribution >= 4 is 15.9 Å². The fourth-order valence-electron chi connectivity index (χ4n) is 3.17. The summed E-state index contributed by atoms with van der Waals surface area (Å²) in [4.78, 5) is 14.7. The Morgan fingerprint density at radius 2 is 1.65 bits per heavy atom. The van der Waals surface area contributed by atoms with Crippen LogP contribution in [-0.2, 0) is 10.0 Å². The maximum atomic E-state index is 12.6. The maximum Gasteiger partial charge on any atom is 0.253 e. The summed E-state index contributed by atoms with van der Waals surface area (Å²) in [5, 5.41) is 0. The fraction of sp³-hybridized carbons (Fsp3) is 0.350. The van der Waals surface area contributed by atoms with E-state index in [0.29, 0.717) is 31.5 Å². The predicted molar refractivity (Wildman–Crippen MR) is 102 cm³/mol. The van der Waals surface area contributed by atoms with Crippen molar-refractivity contribution < 1.29 is 13.2 Å². The smallest absolute Gasteiger partial charge is 0.253 e. The number of rotatable bonds is 4. The number of nitrogens with one attached hydrogen (secondary N) is 1. The minimum atomic E-state index is -3.53. The lowest BCUT2D eigenvalue weighted by molar-refractivity contribution is 0.0711. The van der Waals surface area contributed by atoms with Crippen LogP contribution in [0.25, 0.3) is 0 Å². The van der Waals surface area contributed by atoms with Crippen LogP contribution in [0.5, 0.6) is 0 Å². The lowest BCUT2D eigenvalue weighted by atomic mass is 10.0. The lowest BCUT2D eigenvalue weighted by Gasteiger charge is -2.32. The molecule has 1 aliphatic heterocycles. The zero-order valence-electron chi connectivity index (χ0n) is 15.1. The van der Waals surface area contributed by atoms with Gasteiger partial charge < -0.3 is 4.90 Å². The summed E-state index contributed by atoms with van der Waals surface area (Å²) in [6, 6.07) is 14.2. The Bertz CT molecular complexity index is 884. The highest BCUT2D eigenvalue weighted by molar-refractivity contribution is 7.89. The molecule has 2 aromatic carbocycles. The summed E-state index contributed by atoms with van der Waals surface area (Å²) in [5.41, 5.74) is 2.76. The van der Waals surface area contributed by atoms with E-state index in [2.05, 4.69) is 4.72 Å². The Balaban J connectivity index is 1.60. The van der Waals surface area contributed by atoms with E-state index in [1.165, 1.54) is 0 Å². The summed E-state index contributed by atoms with van der Waals surface area (Å²) < 4.78 is 27.8. The van der Waals surface area contributed by atoms with E-state index in [1.54, 1.807) is 29.2 Å². The number of carbonyl (C=O) groups is 1. The first kappa shape index (κ1) is 18.6. The number of piperidine rings is 1. The normalized spacial score (nSPS) is 15.8. The van der Waals surface area contributed by atoms with E-state index in [9.17, 15) is 13.2 Å². The SMILES string of the molecule is Cc1ccc(S(=O)(=O)NC2CCN(C(=O)c3cccc(C)c3)CC2)cc1. The van der Waals surface area contributed by atoms with Gasteiger partial charge in [-0.05, 0) is 51.0 Å². The topological polar surface area (TPSA) is 66.5 Å². The molecule has 2 aromatic rings. The van der Waals surface area contributed by atoms with E-state index in [4.69, 9.17) is 0 Å². The van der Waals surface area contributed by atoms with Crippen LogP contribution in [-0.4, -0.2) is 38.4 Å². The van der Waals surface area contributed by atoms with Gasteiger partial charge in [0.15, 0.2) is 0 Å². The van der Waals surface area contributed by atoms with Crippen molar-refractivity contribution in [3.05, 3.63) is 65.2 Å². The van der Waals surface area contributed by atoms with Gasteiger partial charge in [0.25, 0.3) is 5.91 Å². The molecule has 1 aliphatic rings.